The molecule has 0 aromatic heterocycles. The Morgan fingerprint density at radius 1 is 1.50 bits per heavy atom. The molecular formula is C10H20N2. The van der Waals surface area contributed by atoms with Gasteiger partial charge in [0.1, 0.15) is 0 Å². The van der Waals surface area contributed by atoms with Crippen LogP contribution in [0.25, 0.3) is 0 Å². The molecule has 0 radical (unpaired) electrons. The molecule has 2 heterocycles. The molecule has 2 aliphatic rings. The van der Waals surface area contributed by atoms with Crippen LogP contribution in [0.4, 0.5) is 0 Å². The van der Waals surface area contributed by atoms with Gasteiger partial charge in [0.25, 0.3) is 0 Å². The van der Waals surface area contributed by atoms with Gasteiger partial charge in [0.15, 0.2) is 0 Å². The van der Waals surface area contributed by atoms with Crippen LogP contribution in [0.1, 0.15) is 26.2 Å². The van der Waals surface area contributed by atoms with E-state index in [4.69, 9.17) is 0 Å². The van der Waals surface area contributed by atoms with Gasteiger partial charge in [0.05, 0.1) is 0 Å². The largest absolute Gasteiger partial charge is 0.316 e. The average molecular weight is 168 g/mol. The first-order valence-electron chi connectivity index (χ1n) is 5.15. The van der Waals surface area contributed by atoms with Crippen molar-refractivity contribution in [1.29, 1.82) is 0 Å². The minimum atomic E-state index is 0.503. The van der Waals surface area contributed by atoms with Crippen molar-refractivity contribution in [2.24, 2.45) is 5.92 Å². The predicted molar refractivity (Wildman–Crippen MR) is 51.2 cm³/mol. The van der Waals surface area contributed by atoms with E-state index in [9.17, 15) is 0 Å². The van der Waals surface area contributed by atoms with Gasteiger partial charge in [-0.1, -0.05) is 0 Å². The standard InChI is InChI=1S/C10H20N2/c1-10(5-3-7-12(10)2)9-4-6-11-8-9/h9,11H,3-8H2,1-2H3. The summed E-state index contributed by atoms with van der Waals surface area (Å²) in [5, 5.41) is 3.47. The van der Waals surface area contributed by atoms with Crippen molar-refractivity contribution in [2.75, 3.05) is 26.7 Å². The summed E-state index contributed by atoms with van der Waals surface area (Å²) in [4.78, 5) is 2.56. The summed E-state index contributed by atoms with van der Waals surface area (Å²) in [5.74, 6) is 0.894. The lowest BCUT2D eigenvalue weighted by Gasteiger charge is -2.37. The lowest BCUT2D eigenvalue weighted by molar-refractivity contribution is 0.126. The Balaban J connectivity index is 2.07. The van der Waals surface area contributed by atoms with Crippen molar-refractivity contribution in [2.45, 2.75) is 31.7 Å². The third kappa shape index (κ3) is 1.17. The third-order valence-electron chi connectivity index (χ3n) is 3.99. The van der Waals surface area contributed by atoms with Crippen LogP contribution in [0.2, 0.25) is 0 Å². The topological polar surface area (TPSA) is 15.3 Å². The van der Waals surface area contributed by atoms with Crippen molar-refractivity contribution in [3.05, 3.63) is 0 Å². The molecule has 2 rings (SSSR count). The molecule has 0 aromatic rings. The van der Waals surface area contributed by atoms with E-state index in [-0.39, 0.29) is 0 Å². The molecule has 0 bridgehead atoms. The summed E-state index contributed by atoms with van der Waals surface area (Å²) in [6, 6.07) is 0. The van der Waals surface area contributed by atoms with Crippen LogP contribution in [0, 0.1) is 5.92 Å². The Morgan fingerprint density at radius 2 is 2.33 bits per heavy atom. The van der Waals surface area contributed by atoms with Crippen molar-refractivity contribution in [3.63, 3.8) is 0 Å². The molecule has 2 fully saturated rings. The Morgan fingerprint density at radius 3 is 2.83 bits per heavy atom. The van der Waals surface area contributed by atoms with Gasteiger partial charge < -0.3 is 10.2 Å². The molecule has 2 heteroatoms. The highest BCUT2D eigenvalue weighted by Crippen LogP contribution is 2.36. The molecule has 0 aromatic carbocycles. The zero-order valence-corrected chi connectivity index (χ0v) is 8.27. The van der Waals surface area contributed by atoms with Crippen LogP contribution in [-0.4, -0.2) is 37.1 Å². The monoisotopic (exact) mass is 168 g/mol. The summed E-state index contributed by atoms with van der Waals surface area (Å²) in [6.45, 7) is 6.21. The van der Waals surface area contributed by atoms with Crippen molar-refractivity contribution >= 4 is 0 Å². The normalized spacial score (nSPS) is 44.0. The quantitative estimate of drug-likeness (QED) is 0.630. The maximum absolute atomic E-state index is 3.47. The van der Waals surface area contributed by atoms with Crippen LogP contribution < -0.4 is 5.32 Å². The maximum Gasteiger partial charge on any atom is 0.0219 e. The molecule has 0 spiro atoms. The molecule has 70 valence electrons. The van der Waals surface area contributed by atoms with E-state index in [2.05, 4.69) is 24.2 Å². The van der Waals surface area contributed by atoms with Crippen molar-refractivity contribution in [1.82, 2.24) is 10.2 Å². The van der Waals surface area contributed by atoms with Gasteiger partial charge in [0.2, 0.25) is 0 Å². The molecule has 0 aliphatic carbocycles. The van der Waals surface area contributed by atoms with Gasteiger partial charge in [-0.25, -0.2) is 0 Å². The van der Waals surface area contributed by atoms with E-state index in [1.807, 2.05) is 0 Å². The minimum absolute atomic E-state index is 0.503. The fourth-order valence-corrected chi connectivity index (χ4v) is 2.82. The summed E-state index contributed by atoms with van der Waals surface area (Å²) in [7, 11) is 2.28. The molecular weight excluding hydrogens is 148 g/mol. The van der Waals surface area contributed by atoms with E-state index >= 15 is 0 Å². The van der Waals surface area contributed by atoms with E-state index in [0.29, 0.717) is 5.54 Å². The predicted octanol–water partition coefficient (Wildman–Crippen LogP) is 1.08. The lowest BCUT2D eigenvalue weighted by Crippen LogP contribution is -2.45. The minimum Gasteiger partial charge on any atom is -0.316 e. The summed E-state index contributed by atoms with van der Waals surface area (Å²) in [5.41, 5.74) is 0.503. The van der Waals surface area contributed by atoms with Crippen LogP contribution in [0.3, 0.4) is 0 Å². The summed E-state index contributed by atoms with van der Waals surface area (Å²) in [6.07, 6.45) is 4.17. The lowest BCUT2D eigenvalue weighted by atomic mass is 9.83. The SMILES string of the molecule is CN1CCCC1(C)C1CCNC1. The fourth-order valence-electron chi connectivity index (χ4n) is 2.82. The third-order valence-corrected chi connectivity index (χ3v) is 3.99. The zero-order valence-electron chi connectivity index (χ0n) is 8.27. The second-order valence-electron chi connectivity index (χ2n) is 4.57. The fraction of sp³-hybridized carbons (Fsp3) is 1.00. The highest BCUT2D eigenvalue weighted by Gasteiger charge is 2.41. The molecule has 2 saturated heterocycles. The van der Waals surface area contributed by atoms with E-state index in [1.165, 1.54) is 38.9 Å². The number of nitrogens with zero attached hydrogens (tertiary/aromatic N) is 1. The van der Waals surface area contributed by atoms with Crippen LogP contribution in [0.15, 0.2) is 0 Å². The van der Waals surface area contributed by atoms with Crippen LogP contribution in [-0.2, 0) is 0 Å². The molecule has 0 amide bonds. The first-order valence-corrected chi connectivity index (χ1v) is 5.15. The molecule has 12 heavy (non-hydrogen) atoms. The highest BCUT2D eigenvalue weighted by molar-refractivity contribution is 4.98. The Kier molecular flexibility index (Phi) is 2.13. The average Bonchev–Trinajstić information content (AvgIpc) is 2.62. The Labute approximate surface area is 75.3 Å². The first-order chi connectivity index (χ1) is 5.73. The van der Waals surface area contributed by atoms with Gasteiger partial charge in [-0.05, 0) is 58.8 Å². The van der Waals surface area contributed by atoms with Gasteiger partial charge in [-0.2, -0.15) is 0 Å². The van der Waals surface area contributed by atoms with E-state index in [0.717, 1.165) is 5.92 Å². The summed E-state index contributed by atoms with van der Waals surface area (Å²) < 4.78 is 0. The molecule has 0 saturated carbocycles. The zero-order chi connectivity index (χ0) is 8.60. The van der Waals surface area contributed by atoms with E-state index in [1.54, 1.807) is 0 Å². The van der Waals surface area contributed by atoms with Crippen LogP contribution in [0.5, 0.6) is 0 Å². The highest BCUT2D eigenvalue weighted by atomic mass is 15.2. The van der Waals surface area contributed by atoms with Gasteiger partial charge in [-0.3, -0.25) is 0 Å². The van der Waals surface area contributed by atoms with Crippen molar-refractivity contribution in [3.8, 4) is 0 Å². The van der Waals surface area contributed by atoms with Gasteiger partial charge >= 0.3 is 0 Å². The number of hydrogen-bond acceptors (Lipinski definition) is 2. The number of hydrogen-bond donors (Lipinski definition) is 1. The number of nitrogens with one attached hydrogen (secondary N) is 1. The maximum atomic E-state index is 3.47. The van der Waals surface area contributed by atoms with Gasteiger partial charge in [0, 0.05) is 5.54 Å². The molecule has 1 N–H and O–H groups in total. The van der Waals surface area contributed by atoms with Crippen LogP contribution >= 0.6 is 0 Å². The molecule has 2 unspecified atom stereocenters. The second kappa shape index (κ2) is 3.00. The smallest absolute Gasteiger partial charge is 0.0219 e. The first kappa shape index (κ1) is 8.52. The molecule has 2 nitrogen and oxygen atoms in total. The van der Waals surface area contributed by atoms with Crippen molar-refractivity contribution < 1.29 is 0 Å². The molecule has 2 aliphatic heterocycles. The van der Waals surface area contributed by atoms with Gasteiger partial charge in [-0.15, -0.1) is 0 Å². The second-order valence-corrected chi connectivity index (χ2v) is 4.57. The Hall–Kier alpha value is -0.0800. The number of likely N-dealkylation sites (tertiary alicyclic amines) is 1. The summed E-state index contributed by atoms with van der Waals surface area (Å²) >= 11 is 0. The van der Waals surface area contributed by atoms with E-state index < -0.39 is 0 Å². The Bertz CT molecular complexity index is 163. The number of rotatable bonds is 1. The molecule has 2 atom stereocenters.